The van der Waals surface area contributed by atoms with Crippen LogP contribution in [0.2, 0.25) is 0 Å². The van der Waals surface area contributed by atoms with Gasteiger partial charge in [-0.2, -0.15) is 0 Å². The van der Waals surface area contributed by atoms with Gasteiger partial charge in [-0.1, -0.05) is 48.5 Å². The Labute approximate surface area is 178 Å². The normalized spacial score (nSPS) is 13.1. The van der Waals surface area contributed by atoms with E-state index in [1.165, 1.54) is 0 Å². The van der Waals surface area contributed by atoms with Crippen molar-refractivity contribution in [2.45, 2.75) is 0 Å². The second-order valence-electron chi connectivity index (χ2n) is 7.45. The molecule has 4 nitrogen and oxygen atoms in total. The molecule has 0 spiro atoms. The molecule has 0 amide bonds. The van der Waals surface area contributed by atoms with Crippen molar-refractivity contribution in [2.24, 2.45) is 0 Å². The highest BCUT2D eigenvalue weighted by Crippen LogP contribution is 2.33. The van der Waals surface area contributed by atoms with E-state index in [9.17, 15) is 9.59 Å². The molecule has 1 aromatic heterocycles. The quantitative estimate of drug-likeness (QED) is 0.331. The van der Waals surface area contributed by atoms with Crippen LogP contribution in [0.15, 0.2) is 72.3 Å². The molecule has 5 heteroatoms. The average molecular weight is 410 g/mol. The summed E-state index contributed by atoms with van der Waals surface area (Å²) in [6.45, 7) is 0. The molecule has 0 bridgehead atoms. The molecule has 3 aromatic carbocycles. The molecule has 0 aliphatic heterocycles. The summed E-state index contributed by atoms with van der Waals surface area (Å²) in [5, 5.41) is 0.945. The molecular weight excluding hydrogens is 392 g/mol. The number of Topliss-reactive ketones (excluding diaryl/α,β-unsaturated/α-hetero) is 2. The first-order valence-corrected chi connectivity index (χ1v) is 10.4. The number of hydrogen-bond donors (Lipinski definition) is 0. The lowest BCUT2D eigenvalue weighted by Gasteiger charge is -2.11. The maximum absolute atomic E-state index is 12.6. The minimum Gasteiger partial charge on any atom is -0.378 e. The highest BCUT2D eigenvalue weighted by Gasteiger charge is 2.32. The number of hydrogen-bond acceptors (Lipinski definition) is 5. The van der Waals surface area contributed by atoms with E-state index in [1.54, 1.807) is 41.7 Å². The molecule has 30 heavy (non-hydrogen) atoms. The zero-order chi connectivity index (χ0) is 20.8. The fourth-order valence-electron chi connectivity index (χ4n) is 3.61. The smallest absolute Gasteiger partial charge is 0.197 e. The Hall–Kier alpha value is -3.57. The number of thiazole rings is 1. The number of ketones is 2. The second-order valence-corrected chi connectivity index (χ2v) is 8.48. The summed E-state index contributed by atoms with van der Waals surface area (Å²) >= 11 is 1.65. The summed E-state index contributed by atoms with van der Waals surface area (Å²) in [5.74, 6) is -0.412. The van der Waals surface area contributed by atoms with E-state index in [0.29, 0.717) is 11.1 Å². The van der Waals surface area contributed by atoms with Gasteiger partial charge in [0.05, 0.1) is 15.8 Å². The van der Waals surface area contributed by atoms with Crippen molar-refractivity contribution in [2.75, 3.05) is 19.0 Å². The molecule has 146 valence electrons. The second kappa shape index (κ2) is 7.04. The summed E-state index contributed by atoms with van der Waals surface area (Å²) in [6, 6.07) is 21.0. The molecule has 4 aromatic rings. The van der Waals surface area contributed by atoms with Crippen LogP contribution in [0.4, 0.5) is 5.69 Å². The highest BCUT2D eigenvalue weighted by molar-refractivity contribution is 7.21. The topological polar surface area (TPSA) is 50.3 Å². The van der Waals surface area contributed by atoms with Gasteiger partial charge in [0.15, 0.2) is 11.6 Å². The predicted molar refractivity (Wildman–Crippen MR) is 122 cm³/mol. The number of nitrogens with zero attached hydrogens (tertiary/aromatic N) is 2. The van der Waals surface area contributed by atoms with Crippen molar-refractivity contribution in [3.63, 3.8) is 0 Å². The van der Waals surface area contributed by atoms with E-state index >= 15 is 0 Å². The Morgan fingerprint density at radius 1 is 0.867 bits per heavy atom. The molecule has 1 aliphatic rings. The number of carbonyl (C=O) groups excluding carboxylic acids is 2. The lowest BCUT2D eigenvalue weighted by molar-refractivity contribution is 0.0990. The van der Waals surface area contributed by atoms with E-state index in [0.717, 1.165) is 32.0 Å². The predicted octanol–water partition coefficient (Wildman–Crippen LogP) is 5.49. The van der Waals surface area contributed by atoms with Gasteiger partial charge in [-0.05, 0) is 29.8 Å². The summed E-state index contributed by atoms with van der Waals surface area (Å²) in [6.07, 6.45) is 1.68. The molecule has 0 fully saturated rings. The van der Waals surface area contributed by atoms with Crippen molar-refractivity contribution in [1.29, 1.82) is 0 Å². The Balaban J connectivity index is 1.45. The number of rotatable bonds is 3. The third-order valence-electron chi connectivity index (χ3n) is 5.26. The number of anilines is 1. The van der Waals surface area contributed by atoms with E-state index in [4.69, 9.17) is 4.98 Å². The number of fused-ring (bicyclic) bond motifs is 2. The summed E-state index contributed by atoms with van der Waals surface area (Å²) in [5.41, 5.74) is 5.14. The third kappa shape index (κ3) is 3.04. The van der Waals surface area contributed by atoms with Gasteiger partial charge < -0.3 is 4.90 Å². The zero-order valence-corrected chi connectivity index (χ0v) is 17.4. The average Bonchev–Trinajstić information content (AvgIpc) is 3.29. The van der Waals surface area contributed by atoms with Crippen molar-refractivity contribution >= 4 is 44.9 Å². The molecule has 0 saturated heterocycles. The SMILES string of the molecule is CN(C)c1ccc2nc(-c3ccc(C=C4C(=O)c5ccccc5C4=O)cc3)sc2c1. The van der Waals surface area contributed by atoms with E-state index in [-0.39, 0.29) is 17.1 Å². The summed E-state index contributed by atoms with van der Waals surface area (Å²) < 4.78 is 1.14. The van der Waals surface area contributed by atoms with Crippen LogP contribution in [-0.2, 0) is 0 Å². The van der Waals surface area contributed by atoms with Crippen LogP contribution in [0.25, 0.3) is 26.9 Å². The first-order valence-electron chi connectivity index (χ1n) is 9.60. The molecule has 0 saturated carbocycles. The van der Waals surface area contributed by atoms with Crippen LogP contribution in [-0.4, -0.2) is 30.6 Å². The van der Waals surface area contributed by atoms with Crippen molar-refractivity contribution in [1.82, 2.24) is 4.98 Å². The van der Waals surface area contributed by atoms with Gasteiger partial charge in [0.25, 0.3) is 0 Å². The van der Waals surface area contributed by atoms with Crippen molar-refractivity contribution < 1.29 is 9.59 Å². The van der Waals surface area contributed by atoms with Crippen LogP contribution < -0.4 is 4.90 Å². The lowest BCUT2D eigenvalue weighted by Crippen LogP contribution is -2.07. The van der Waals surface area contributed by atoms with Crippen LogP contribution >= 0.6 is 11.3 Å². The van der Waals surface area contributed by atoms with Crippen LogP contribution in [0.5, 0.6) is 0 Å². The Kier molecular flexibility index (Phi) is 4.33. The minimum atomic E-state index is -0.206. The molecule has 1 aliphatic carbocycles. The maximum Gasteiger partial charge on any atom is 0.197 e. The number of benzene rings is 3. The standard InChI is InChI=1S/C25H18N2O2S/c1-27(2)17-11-12-21-22(14-17)30-25(26-21)16-9-7-15(8-10-16)13-20-23(28)18-5-3-4-6-19(18)24(20)29/h3-14H,1-2H3. The van der Waals surface area contributed by atoms with E-state index in [2.05, 4.69) is 17.0 Å². The third-order valence-corrected chi connectivity index (χ3v) is 6.33. The van der Waals surface area contributed by atoms with Crippen LogP contribution in [0.1, 0.15) is 26.3 Å². The summed E-state index contributed by atoms with van der Waals surface area (Å²) in [7, 11) is 4.05. The van der Waals surface area contributed by atoms with Gasteiger partial charge in [-0.15, -0.1) is 11.3 Å². The first-order chi connectivity index (χ1) is 14.5. The minimum absolute atomic E-state index is 0.206. The molecule has 1 heterocycles. The largest absolute Gasteiger partial charge is 0.378 e. The van der Waals surface area contributed by atoms with Crippen molar-refractivity contribution in [3.05, 3.63) is 89.0 Å². The molecule has 0 N–H and O–H groups in total. The number of carbonyl (C=O) groups is 2. The van der Waals surface area contributed by atoms with Crippen LogP contribution in [0, 0.1) is 0 Å². The molecule has 0 radical (unpaired) electrons. The van der Waals surface area contributed by atoms with Gasteiger partial charge in [-0.25, -0.2) is 4.98 Å². The lowest BCUT2D eigenvalue weighted by atomic mass is 10.1. The Morgan fingerprint density at radius 2 is 1.53 bits per heavy atom. The van der Waals surface area contributed by atoms with Gasteiger partial charge in [0, 0.05) is 36.5 Å². The Bertz CT molecular complexity index is 1310. The molecule has 0 unspecified atom stereocenters. The first kappa shape index (κ1) is 18.5. The van der Waals surface area contributed by atoms with Crippen LogP contribution in [0.3, 0.4) is 0 Å². The highest BCUT2D eigenvalue weighted by atomic mass is 32.1. The van der Waals surface area contributed by atoms with E-state index in [1.807, 2.05) is 44.4 Å². The van der Waals surface area contributed by atoms with Gasteiger partial charge >= 0.3 is 0 Å². The summed E-state index contributed by atoms with van der Waals surface area (Å²) in [4.78, 5) is 32.0. The Morgan fingerprint density at radius 3 is 2.17 bits per heavy atom. The van der Waals surface area contributed by atoms with Gasteiger partial charge in [0.2, 0.25) is 0 Å². The zero-order valence-electron chi connectivity index (χ0n) is 16.5. The fourth-order valence-corrected chi connectivity index (χ4v) is 4.61. The molecule has 0 atom stereocenters. The number of allylic oxidation sites excluding steroid dienone is 1. The van der Waals surface area contributed by atoms with Gasteiger partial charge in [0.1, 0.15) is 5.01 Å². The molecular formula is C25H18N2O2S. The maximum atomic E-state index is 12.6. The van der Waals surface area contributed by atoms with Crippen molar-refractivity contribution in [3.8, 4) is 10.6 Å². The fraction of sp³-hybridized carbons (Fsp3) is 0.0800. The monoisotopic (exact) mass is 410 g/mol. The number of aromatic nitrogens is 1. The van der Waals surface area contributed by atoms with Gasteiger partial charge in [-0.3, -0.25) is 9.59 Å². The van der Waals surface area contributed by atoms with E-state index < -0.39 is 0 Å². The molecule has 5 rings (SSSR count).